The zero-order valence-corrected chi connectivity index (χ0v) is 12.9. The third-order valence-corrected chi connectivity index (χ3v) is 3.85. The quantitative estimate of drug-likeness (QED) is 0.822. The van der Waals surface area contributed by atoms with Crippen LogP contribution in [0, 0.1) is 0 Å². The maximum atomic E-state index is 3.67. The van der Waals surface area contributed by atoms with E-state index in [4.69, 9.17) is 0 Å². The van der Waals surface area contributed by atoms with Crippen molar-refractivity contribution in [2.24, 2.45) is 0 Å². The zero-order chi connectivity index (χ0) is 14.4. The van der Waals surface area contributed by atoms with Gasteiger partial charge in [0.25, 0.3) is 0 Å². The molecule has 0 saturated heterocycles. The Kier molecular flexibility index (Phi) is 5.57. The lowest BCUT2D eigenvalue weighted by atomic mass is 10.0. The fourth-order valence-corrected chi connectivity index (χ4v) is 2.47. The summed E-state index contributed by atoms with van der Waals surface area (Å²) in [5, 5.41) is 6.31. The van der Waals surface area contributed by atoms with E-state index in [1.807, 2.05) is 0 Å². The molecule has 0 radical (unpaired) electrons. The predicted molar refractivity (Wildman–Crippen MR) is 88.2 cm³/mol. The van der Waals surface area contributed by atoms with Gasteiger partial charge in [-0.2, -0.15) is 0 Å². The van der Waals surface area contributed by atoms with E-state index < -0.39 is 0 Å². The molecule has 0 spiro atoms. The van der Waals surface area contributed by atoms with Crippen LogP contribution in [0.15, 0.2) is 42.5 Å². The predicted octanol–water partition coefficient (Wildman–Crippen LogP) is 3.83. The van der Waals surface area contributed by atoms with Gasteiger partial charge in [-0.1, -0.05) is 50.2 Å². The average molecular weight is 270 g/mol. The third-order valence-electron chi connectivity index (χ3n) is 3.85. The Bertz CT molecular complexity index is 536. The Hall–Kier alpha value is -1.38. The van der Waals surface area contributed by atoms with Crippen LogP contribution >= 0.6 is 0 Å². The molecule has 2 aromatic rings. The number of rotatable bonds is 7. The van der Waals surface area contributed by atoms with E-state index in [1.54, 1.807) is 0 Å². The Morgan fingerprint density at radius 1 is 1.05 bits per heavy atom. The number of fused-ring (bicyclic) bond motifs is 1. The normalized spacial score (nSPS) is 13.0. The van der Waals surface area contributed by atoms with Gasteiger partial charge >= 0.3 is 0 Å². The van der Waals surface area contributed by atoms with Crippen molar-refractivity contribution < 1.29 is 0 Å². The van der Waals surface area contributed by atoms with Crippen LogP contribution in [0.2, 0.25) is 0 Å². The second-order valence-electron chi connectivity index (χ2n) is 5.47. The minimum absolute atomic E-state index is 0.407. The maximum Gasteiger partial charge on any atom is 0.0449 e. The van der Waals surface area contributed by atoms with Crippen LogP contribution in [-0.4, -0.2) is 31.6 Å². The summed E-state index contributed by atoms with van der Waals surface area (Å²) in [6, 6.07) is 15.8. The lowest BCUT2D eigenvalue weighted by molar-refractivity contribution is 0.303. The van der Waals surface area contributed by atoms with E-state index >= 15 is 0 Å². The van der Waals surface area contributed by atoms with E-state index in [-0.39, 0.29) is 0 Å². The first kappa shape index (κ1) is 15.0. The molecule has 20 heavy (non-hydrogen) atoms. The second kappa shape index (κ2) is 7.41. The van der Waals surface area contributed by atoms with Crippen molar-refractivity contribution in [1.29, 1.82) is 0 Å². The molecule has 2 aromatic carbocycles. The molecule has 0 aliphatic heterocycles. The monoisotopic (exact) mass is 270 g/mol. The van der Waals surface area contributed by atoms with E-state index in [2.05, 4.69) is 73.6 Å². The molecule has 2 nitrogen and oxygen atoms in total. The van der Waals surface area contributed by atoms with E-state index in [0.717, 1.165) is 19.6 Å². The van der Waals surface area contributed by atoms with Gasteiger partial charge in [0, 0.05) is 12.6 Å². The first-order chi connectivity index (χ1) is 9.74. The number of benzene rings is 2. The standard InChI is InChI=1S/C18H26N2/c1-4-12-19-18(14-20(3)5-2)17-11-10-15-8-6-7-9-16(15)13-17/h6-11,13,18-19H,4-5,12,14H2,1-3H3. The molecule has 0 fully saturated rings. The molecule has 0 aliphatic rings. The van der Waals surface area contributed by atoms with E-state index in [0.29, 0.717) is 6.04 Å². The van der Waals surface area contributed by atoms with Crippen molar-refractivity contribution in [2.75, 3.05) is 26.7 Å². The molecule has 2 rings (SSSR count). The molecule has 108 valence electrons. The third kappa shape index (κ3) is 3.81. The highest BCUT2D eigenvalue weighted by molar-refractivity contribution is 5.83. The van der Waals surface area contributed by atoms with Crippen LogP contribution < -0.4 is 5.32 Å². The summed E-state index contributed by atoms with van der Waals surface area (Å²) in [7, 11) is 2.18. The summed E-state index contributed by atoms with van der Waals surface area (Å²) in [6.07, 6.45) is 1.17. The van der Waals surface area contributed by atoms with Crippen LogP contribution in [0.25, 0.3) is 10.8 Å². The molecule has 0 saturated carbocycles. The molecular weight excluding hydrogens is 244 g/mol. The molecule has 0 aliphatic carbocycles. The lowest BCUT2D eigenvalue weighted by Crippen LogP contribution is -2.33. The molecule has 1 atom stereocenters. The van der Waals surface area contributed by atoms with Gasteiger partial charge in [0.1, 0.15) is 0 Å². The Labute approximate surface area is 122 Å². The van der Waals surface area contributed by atoms with Gasteiger partial charge in [-0.15, -0.1) is 0 Å². The van der Waals surface area contributed by atoms with Gasteiger partial charge in [0.2, 0.25) is 0 Å². The summed E-state index contributed by atoms with van der Waals surface area (Å²) < 4.78 is 0. The molecule has 0 aromatic heterocycles. The van der Waals surface area contributed by atoms with Gasteiger partial charge in [0.15, 0.2) is 0 Å². The highest BCUT2D eigenvalue weighted by atomic mass is 15.1. The number of nitrogens with one attached hydrogen (secondary N) is 1. The summed E-state index contributed by atoms with van der Waals surface area (Å²) in [5.41, 5.74) is 1.39. The Morgan fingerprint density at radius 3 is 2.50 bits per heavy atom. The van der Waals surface area contributed by atoms with Crippen molar-refractivity contribution in [1.82, 2.24) is 10.2 Å². The molecule has 1 N–H and O–H groups in total. The molecule has 0 amide bonds. The smallest absolute Gasteiger partial charge is 0.0449 e. The number of likely N-dealkylation sites (N-methyl/N-ethyl adjacent to an activating group) is 1. The van der Waals surface area contributed by atoms with Crippen LogP contribution in [0.3, 0.4) is 0 Å². The second-order valence-corrected chi connectivity index (χ2v) is 5.47. The van der Waals surface area contributed by atoms with Crippen LogP contribution in [0.1, 0.15) is 31.9 Å². The molecular formula is C18H26N2. The summed E-state index contributed by atoms with van der Waals surface area (Å²) in [6.45, 7) is 7.62. The fraction of sp³-hybridized carbons (Fsp3) is 0.444. The minimum Gasteiger partial charge on any atom is -0.309 e. The van der Waals surface area contributed by atoms with E-state index in [1.165, 1.54) is 22.8 Å². The largest absolute Gasteiger partial charge is 0.309 e. The van der Waals surface area contributed by atoms with Crippen molar-refractivity contribution >= 4 is 10.8 Å². The fourth-order valence-electron chi connectivity index (χ4n) is 2.47. The molecule has 0 bridgehead atoms. The first-order valence-corrected chi connectivity index (χ1v) is 7.65. The van der Waals surface area contributed by atoms with Crippen LogP contribution in [0.4, 0.5) is 0 Å². The average Bonchev–Trinajstić information content (AvgIpc) is 2.50. The van der Waals surface area contributed by atoms with Gasteiger partial charge < -0.3 is 10.2 Å². The van der Waals surface area contributed by atoms with Gasteiger partial charge in [-0.05, 0) is 49.0 Å². The van der Waals surface area contributed by atoms with Crippen molar-refractivity contribution in [3.63, 3.8) is 0 Å². The van der Waals surface area contributed by atoms with Crippen LogP contribution in [-0.2, 0) is 0 Å². The summed E-state index contributed by atoms with van der Waals surface area (Å²) >= 11 is 0. The molecule has 1 unspecified atom stereocenters. The van der Waals surface area contributed by atoms with Gasteiger partial charge in [-0.3, -0.25) is 0 Å². The van der Waals surface area contributed by atoms with Crippen molar-refractivity contribution in [3.8, 4) is 0 Å². The summed E-state index contributed by atoms with van der Waals surface area (Å²) in [4.78, 5) is 2.36. The zero-order valence-electron chi connectivity index (χ0n) is 12.9. The highest BCUT2D eigenvalue weighted by Gasteiger charge is 2.12. The number of hydrogen-bond acceptors (Lipinski definition) is 2. The van der Waals surface area contributed by atoms with Crippen molar-refractivity contribution in [3.05, 3.63) is 48.0 Å². The number of nitrogens with zero attached hydrogens (tertiary/aromatic N) is 1. The lowest BCUT2D eigenvalue weighted by Gasteiger charge is -2.24. The first-order valence-electron chi connectivity index (χ1n) is 7.65. The van der Waals surface area contributed by atoms with Gasteiger partial charge in [0.05, 0.1) is 0 Å². The molecule has 2 heteroatoms. The maximum absolute atomic E-state index is 3.67. The van der Waals surface area contributed by atoms with Gasteiger partial charge in [-0.25, -0.2) is 0 Å². The number of hydrogen-bond donors (Lipinski definition) is 1. The SMILES string of the molecule is CCCNC(CN(C)CC)c1ccc2ccccc2c1. The summed E-state index contributed by atoms with van der Waals surface area (Å²) in [5.74, 6) is 0. The molecule has 0 heterocycles. The van der Waals surface area contributed by atoms with Crippen LogP contribution in [0.5, 0.6) is 0 Å². The Balaban J connectivity index is 2.24. The highest BCUT2D eigenvalue weighted by Crippen LogP contribution is 2.21. The van der Waals surface area contributed by atoms with E-state index in [9.17, 15) is 0 Å². The Morgan fingerprint density at radius 2 is 1.80 bits per heavy atom. The minimum atomic E-state index is 0.407. The topological polar surface area (TPSA) is 15.3 Å². The van der Waals surface area contributed by atoms with Crippen molar-refractivity contribution in [2.45, 2.75) is 26.3 Å².